The second kappa shape index (κ2) is 5.43. The van der Waals surface area contributed by atoms with Crippen molar-refractivity contribution in [3.8, 4) is 0 Å². The largest absolute Gasteiger partial charge is 0.416 e. The van der Waals surface area contributed by atoms with E-state index in [2.05, 4.69) is 5.32 Å². The summed E-state index contributed by atoms with van der Waals surface area (Å²) in [5.41, 5.74) is -0.670. The molecule has 1 N–H and O–H groups in total. The lowest BCUT2D eigenvalue weighted by molar-refractivity contribution is -0.137. The van der Waals surface area contributed by atoms with Crippen molar-refractivity contribution in [3.05, 3.63) is 28.8 Å². The average molecular weight is 378 g/mol. The van der Waals surface area contributed by atoms with Crippen LogP contribution >= 0.6 is 34.2 Å². The minimum absolute atomic E-state index is 0.134. The Labute approximate surface area is 115 Å². The summed E-state index contributed by atoms with van der Waals surface area (Å²) >= 11 is 7.56. The zero-order valence-electron chi connectivity index (χ0n) is 8.61. The maximum atomic E-state index is 12.3. The second-order valence-electron chi connectivity index (χ2n) is 3.30. The molecular formula is C10H8ClF3INO. The summed E-state index contributed by atoms with van der Waals surface area (Å²) in [5.74, 6) is -0.313. The van der Waals surface area contributed by atoms with Crippen LogP contribution in [0.15, 0.2) is 18.2 Å². The van der Waals surface area contributed by atoms with Gasteiger partial charge in [-0.3, -0.25) is 4.79 Å². The fourth-order valence-corrected chi connectivity index (χ4v) is 1.41. The van der Waals surface area contributed by atoms with Crippen LogP contribution in [0.3, 0.4) is 0 Å². The Bertz CT molecular complexity index is 434. The quantitative estimate of drug-likeness (QED) is 0.610. The molecule has 1 unspecified atom stereocenters. The van der Waals surface area contributed by atoms with E-state index in [-0.39, 0.29) is 20.5 Å². The molecule has 0 fully saturated rings. The highest BCUT2D eigenvalue weighted by molar-refractivity contribution is 14.1. The lowest BCUT2D eigenvalue weighted by Gasteiger charge is -2.11. The Morgan fingerprint density at radius 3 is 2.47 bits per heavy atom. The number of hydrogen-bond donors (Lipinski definition) is 1. The van der Waals surface area contributed by atoms with Gasteiger partial charge in [-0.25, -0.2) is 0 Å². The van der Waals surface area contributed by atoms with Crippen molar-refractivity contribution in [2.45, 2.75) is 17.0 Å². The molecule has 0 aliphatic heterocycles. The molecule has 1 aromatic carbocycles. The van der Waals surface area contributed by atoms with Crippen molar-refractivity contribution in [2.75, 3.05) is 5.32 Å². The Hall–Kier alpha value is -0.500. The molecular weight excluding hydrogens is 369 g/mol. The summed E-state index contributed by atoms with van der Waals surface area (Å²) in [6.07, 6.45) is -4.44. The van der Waals surface area contributed by atoms with Gasteiger partial charge in [0, 0.05) is 0 Å². The zero-order chi connectivity index (χ0) is 13.2. The normalized spacial score (nSPS) is 13.3. The minimum atomic E-state index is -4.44. The molecule has 0 aliphatic rings. The van der Waals surface area contributed by atoms with Crippen LogP contribution < -0.4 is 5.32 Å². The molecule has 94 valence electrons. The number of alkyl halides is 4. The van der Waals surface area contributed by atoms with Gasteiger partial charge in [0.25, 0.3) is 0 Å². The summed E-state index contributed by atoms with van der Waals surface area (Å²) < 4.78 is 36.7. The highest BCUT2D eigenvalue weighted by atomic mass is 127. The lowest BCUT2D eigenvalue weighted by Crippen LogP contribution is -2.20. The highest BCUT2D eigenvalue weighted by Gasteiger charge is 2.31. The lowest BCUT2D eigenvalue weighted by atomic mass is 10.2. The molecule has 0 bridgehead atoms. The van der Waals surface area contributed by atoms with Crippen molar-refractivity contribution >= 4 is 45.8 Å². The van der Waals surface area contributed by atoms with Gasteiger partial charge in [0.05, 0.1) is 20.2 Å². The topological polar surface area (TPSA) is 29.1 Å². The monoisotopic (exact) mass is 377 g/mol. The van der Waals surface area contributed by atoms with E-state index in [9.17, 15) is 18.0 Å². The van der Waals surface area contributed by atoms with E-state index in [1.54, 1.807) is 6.92 Å². The molecule has 7 heteroatoms. The number of nitrogens with one attached hydrogen (secondary N) is 1. The Morgan fingerprint density at radius 2 is 2.06 bits per heavy atom. The van der Waals surface area contributed by atoms with Gasteiger partial charge in [0.15, 0.2) is 0 Å². The molecule has 0 saturated carbocycles. The predicted molar refractivity (Wildman–Crippen MR) is 68.6 cm³/mol. The molecule has 0 aromatic heterocycles. The molecule has 1 atom stereocenters. The summed E-state index contributed by atoms with van der Waals surface area (Å²) in [6.45, 7) is 1.66. The molecule has 0 spiro atoms. The minimum Gasteiger partial charge on any atom is -0.324 e. The van der Waals surface area contributed by atoms with Crippen molar-refractivity contribution in [3.63, 3.8) is 0 Å². The van der Waals surface area contributed by atoms with Crippen molar-refractivity contribution in [1.29, 1.82) is 0 Å². The van der Waals surface area contributed by atoms with E-state index < -0.39 is 11.7 Å². The van der Waals surface area contributed by atoms with E-state index in [4.69, 9.17) is 11.6 Å². The number of amides is 1. The molecule has 1 rings (SSSR count). The van der Waals surface area contributed by atoms with Crippen LogP contribution in [0.2, 0.25) is 5.02 Å². The van der Waals surface area contributed by atoms with Gasteiger partial charge in [-0.1, -0.05) is 34.2 Å². The van der Waals surface area contributed by atoms with Crippen LogP contribution in [0.25, 0.3) is 0 Å². The van der Waals surface area contributed by atoms with Crippen LogP contribution in [-0.4, -0.2) is 9.83 Å². The molecule has 0 radical (unpaired) electrons. The molecule has 0 aliphatic carbocycles. The van der Waals surface area contributed by atoms with Gasteiger partial charge in [0.2, 0.25) is 5.91 Å². The smallest absolute Gasteiger partial charge is 0.324 e. The van der Waals surface area contributed by atoms with E-state index in [0.717, 1.165) is 18.2 Å². The second-order valence-corrected chi connectivity index (χ2v) is 5.57. The van der Waals surface area contributed by atoms with Crippen LogP contribution in [0.1, 0.15) is 12.5 Å². The van der Waals surface area contributed by atoms with Crippen LogP contribution in [0.5, 0.6) is 0 Å². The number of hydrogen-bond acceptors (Lipinski definition) is 1. The molecule has 2 nitrogen and oxygen atoms in total. The number of halogens is 5. The molecule has 1 amide bonds. The molecule has 0 saturated heterocycles. The highest BCUT2D eigenvalue weighted by Crippen LogP contribution is 2.33. The SMILES string of the molecule is CC(I)C(=O)Nc1ccc(C(F)(F)F)cc1Cl. The Morgan fingerprint density at radius 1 is 1.47 bits per heavy atom. The third kappa shape index (κ3) is 4.02. The third-order valence-electron chi connectivity index (χ3n) is 1.92. The number of benzene rings is 1. The Balaban J connectivity index is 2.95. The summed E-state index contributed by atoms with van der Waals surface area (Å²) in [5, 5.41) is 2.31. The first-order valence-corrected chi connectivity index (χ1v) is 6.16. The zero-order valence-corrected chi connectivity index (χ0v) is 11.5. The standard InChI is InChI=1S/C10H8ClF3INO/c1-5(15)9(17)16-8-3-2-6(4-7(8)11)10(12,13)14/h2-5H,1H3,(H,16,17). The van der Waals surface area contributed by atoms with Crippen LogP contribution in [0, 0.1) is 0 Å². The van der Waals surface area contributed by atoms with Crippen LogP contribution in [-0.2, 0) is 11.0 Å². The third-order valence-corrected chi connectivity index (χ3v) is 2.79. The summed E-state index contributed by atoms with van der Waals surface area (Å²) in [7, 11) is 0. The number of rotatable bonds is 2. The van der Waals surface area contributed by atoms with Crippen LogP contribution in [0.4, 0.5) is 18.9 Å². The van der Waals surface area contributed by atoms with Gasteiger partial charge in [-0.2, -0.15) is 13.2 Å². The average Bonchev–Trinajstić information content (AvgIpc) is 2.19. The first-order chi connectivity index (χ1) is 7.71. The summed E-state index contributed by atoms with van der Waals surface area (Å²) in [6, 6.07) is 2.80. The van der Waals surface area contributed by atoms with Gasteiger partial charge >= 0.3 is 6.18 Å². The van der Waals surface area contributed by atoms with Crippen molar-refractivity contribution < 1.29 is 18.0 Å². The maximum Gasteiger partial charge on any atom is 0.416 e. The molecule has 1 aromatic rings. The number of anilines is 1. The molecule has 0 heterocycles. The van der Waals surface area contributed by atoms with E-state index >= 15 is 0 Å². The number of carbonyl (C=O) groups excluding carboxylic acids is 1. The summed E-state index contributed by atoms with van der Waals surface area (Å²) in [4.78, 5) is 11.3. The van der Waals surface area contributed by atoms with Gasteiger partial charge in [0.1, 0.15) is 0 Å². The maximum absolute atomic E-state index is 12.3. The Kier molecular flexibility index (Phi) is 4.65. The van der Waals surface area contributed by atoms with Crippen molar-refractivity contribution in [1.82, 2.24) is 0 Å². The van der Waals surface area contributed by atoms with Gasteiger partial charge < -0.3 is 5.32 Å². The fraction of sp³-hybridized carbons (Fsp3) is 0.300. The van der Waals surface area contributed by atoms with Gasteiger partial charge in [-0.15, -0.1) is 0 Å². The predicted octanol–water partition coefficient (Wildman–Crippen LogP) is 4.12. The van der Waals surface area contributed by atoms with Crippen molar-refractivity contribution in [2.24, 2.45) is 0 Å². The molecule has 17 heavy (non-hydrogen) atoms. The fourth-order valence-electron chi connectivity index (χ4n) is 1.02. The first-order valence-electron chi connectivity index (χ1n) is 4.53. The van der Waals surface area contributed by atoms with E-state index in [1.807, 2.05) is 22.6 Å². The van der Waals surface area contributed by atoms with E-state index in [1.165, 1.54) is 0 Å². The number of carbonyl (C=O) groups is 1. The first kappa shape index (κ1) is 14.6. The van der Waals surface area contributed by atoms with Gasteiger partial charge in [-0.05, 0) is 25.1 Å². The van der Waals surface area contributed by atoms with E-state index in [0.29, 0.717) is 0 Å².